The minimum absolute atomic E-state index is 0.203. The first kappa shape index (κ1) is 13.7. The number of piperazine rings is 1. The second kappa shape index (κ2) is 6.43. The first-order valence-corrected chi connectivity index (χ1v) is 6.67. The maximum atomic E-state index is 11.6. The molecule has 0 bridgehead atoms. The Morgan fingerprint density at radius 3 is 2.68 bits per heavy atom. The minimum Gasteiger partial charge on any atom is -0.450 e. The van der Waals surface area contributed by atoms with Gasteiger partial charge in [-0.25, -0.2) is 4.79 Å². The molecule has 0 radical (unpaired) electrons. The van der Waals surface area contributed by atoms with E-state index in [2.05, 4.69) is 11.0 Å². The van der Waals surface area contributed by atoms with Crippen LogP contribution < -0.4 is 5.73 Å². The highest BCUT2D eigenvalue weighted by molar-refractivity contribution is 5.67. The monoisotopic (exact) mass is 263 g/mol. The Kier molecular flexibility index (Phi) is 4.63. The predicted molar refractivity (Wildman–Crippen MR) is 74.7 cm³/mol. The molecule has 104 valence electrons. The Bertz CT molecular complexity index is 428. The molecule has 2 N–H and O–H groups in total. The fourth-order valence-electron chi connectivity index (χ4n) is 2.25. The lowest BCUT2D eigenvalue weighted by molar-refractivity contribution is 0.0778. The molecule has 0 aliphatic carbocycles. The van der Waals surface area contributed by atoms with Crippen molar-refractivity contribution in [3.63, 3.8) is 0 Å². The molecule has 0 spiro atoms. The smallest absolute Gasteiger partial charge is 0.409 e. The highest BCUT2D eigenvalue weighted by atomic mass is 16.6. The number of carbonyl (C=O) groups is 1. The number of amides is 1. The summed E-state index contributed by atoms with van der Waals surface area (Å²) in [6.07, 6.45) is -0.203. The van der Waals surface area contributed by atoms with Crippen LogP contribution in [0, 0.1) is 0 Å². The molecule has 1 saturated heterocycles. The molecule has 2 rings (SSSR count). The zero-order valence-electron chi connectivity index (χ0n) is 11.3. The summed E-state index contributed by atoms with van der Waals surface area (Å²) in [5, 5.41) is 0. The number of nitrogen functional groups attached to an aromatic ring is 1. The molecule has 0 atom stereocenters. The average Bonchev–Trinajstić information content (AvgIpc) is 2.40. The summed E-state index contributed by atoms with van der Waals surface area (Å²) in [5.74, 6) is 0. The van der Waals surface area contributed by atoms with Crippen molar-refractivity contribution in [2.24, 2.45) is 0 Å². The standard InChI is InChI=1S/C14H21N3O2/c1-2-19-14(18)17-8-6-16(7-9-17)11-12-4-3-5-13(15)10-12/h3-5,10H,2,6-9,11,15H2,1H3. The van der Waals surface area contributed by atoms with E-state index in [1.165, 1.54) is 5.56 Å². The zero-order valence-corrected chi connectivity index (χ0v) is 11.3. The van der Waals surface area contributed by atoms with Gasteiger partial charge in [0.2, 0.25) is 0 Å². The fraction of sp³-hybridized carbons (Fsp3) is 0.500. The van der Waals surface area contributed by atoms with Gasteiger partial charge in [-0.3, -0.25) is 4.90 Å². The third-order valence-corrected chi connectivity index (χ3v) is 3.26. The number of ether oxygens (including phenoxy) is 1. The summed E-state index contributed by atoms with van der Waals surface area (Å²) in [6.45, 7) is 6.32. The molecule has 1 aromatic carbocycles. The van der Waals surface area contributed by atoms with Gasteiger partial charge in [0.1, 0.15) is 0 Å². The van der Waals surface area contributed by atoms with E-state index in [1.54, 1.807) is 4.90 Å². The second-order valence-corrected chi connectivity index (χ2v) is 4.71. The summed E-state index contributed by atoms with van der Waals surface area (Å²) in [5.41, 5.74) is 7.78. The Morgan fingerprint density at radius 1 is 1.32 bits per heavy atom. The summed E-state index contributed by atoms with van der Waals surface area (Å²) < 4.78 is 5.00. The first-order valence-electron chi connectivity index (χ1n) is 6.67. The van der Waals surface area contributed by atoms with Crippen LogP contribution in [0.15, 0.2) is 24.3 Å². The number of benzene rings is 1. The molecule has 1 aromatic rings. The van der Waals surface area contributed by atoms with Crippen molar-refractivity contribution >= 4 is 11.8 Å². The Morgan fingerprint density at radius 2 is 2.05 bits per heavy atom. The quantitative estimate of drug-likeness (QED) is 0.840. The van der Waals surface area contributed by atoms with E-state index in [0.717, 1.165) is 38.4 Å². The number of hydrogen-bond donors (Lipinski definition) is 1. The van der Waals surface area contributed by atoms with Crippen molar-refractivity contribution in [3.05, 3.63) is 29.8 Å². The molecule has 1 aliphatic rings. The van der Waals surface area contributed by atoms with Crippen LogP contribution in [-0.4, -0.2) is 48.7 Å². The van der Waals surface area contributed by atoms with Gasteiger partial charge in [0, 0.05) is 38.4 Å². The highest BCUT2D eigenvalue weighted by Crippen LogP contribution is 2.12. The molecule has 1 fully saturated rings. The molecule has 19 heavy (non-hydrogen) atoms. The van der Waals surface area contributed by atoms with Gasteiger partial charge in [0.25, 0.3) is 0 Å². The molecule has 1 heterocycles. The third kappa shape index (κ3) is 3.86. The van der Waals surface area contributed by atoms with E-state index < -0.39 is 0 Å². The van der Waals surface area contributed by atoms with Gasteiger partial charge in [-0.15, -0.1) is 0 Å². The van der Waals surface area contributed by atoms with Crippen molar-refractivity contribution in [1.29, 1.82) is 0 Å². The number of nitrogens with two attached hydrogens (primary N) is 1. The molecule has 5 nitrogen and oxygen atoms in total. The van der Waals surface area contributed by atoms with Crippen LogP contribution in [-0.2, 0) is 11.3 Å². The highest BCUT2D eigenvalue weighted by Gasteiger charge is 2.21. The number of carbonyl (C=O) groups excluding carboxylic acids is 1. The van der Waals surface area contributed by atoms with Crippen LogP contribution in [0.1, 0.15) is 12.5 Å². The van der Waals surface area contributed by atoms with Gasteiger partial charge in [0.15, 0.2) is 0 Å². The van der Waals surface area contributed by atoms with Gasteiger partial charge in [-0.2, -0.15) is 0 Å². The summed E-state index contributed by atoms with van der Waals surface area (Å²) in [6, 6.07) is 7.94. The SMILES string of the molecule is CCOC(=O)N1CCN(Cc2cccc(N)c2)CC1. The molecule has 1 amide bonds. The first-order chi connectivity index (χ1) is 9.19. The van der Waals surface area contributed by atoms with E-state index >= 15 is 0 Å². The van der Waals surface area contributed by atoms with Crippen LogP contribution in [0.25, 0.3) is 0 Å². The number of rotatable bonds is 3. The molecular weight excluding hydrogens is 242 g/mol. The summed E-state index contributed by atoms with van der Waals surface area (Å²) in [7, 11) is 0. The van der Waals surface area contributed by atoms with Crippen molar-refractivity contribution in [2.45, 2.75) is 13.5 Å². The van der Waals surface area contributed by atoms with Gasteiger partial charge >= 0.3 is 6.09 Å². The summed E-state index contributed by atoms with van der Waals surface area (Å²) >= 11 is 0. The van der Waals surface area contributed by atoms with Gasteiger partial charge in [-0.05, 0) is 24.6 Å². The van der Waals surface area contributed by atoms with E-state index in [-0.39, 0.29) is 6.09 Å². The maximum Gasteiger partial charge on any atom is 0.409 e. The van der Waals surface area contributed by atoms with E-state index in [1.807, 2.05) is 25.1 Å². The zero-order chi connectivity index (χ0) is 13.7. The van der Waals surface area contributed by atoms with Crippen molar-refractivity contribution in [1.82, 2.24) is 9.80 Å². The largest absolute Gasteiger partial charge is 0.450 e. The molecule has 0 saturated carbocycles. The fourth-order valence-corrected chi connectivity index (χ4v) is 2.25. The lowest BCUT2D eigenvalue weighted by Gasteiger charge is -2.34. The normalized spacial score (nSPS) is 16.4. The van der Waals surface area contributed by atoms with Crippen LogP contribution >= 0.6 is 0 Å². The minimum atomic E-state index is -0.203. The molecule has 1 aliphatic heterocycles. The number of nitrogens with zero attached hydrogens (tertiary/aromatic N) is 2. The molecule has 0 aromatic heterocycles. The van der Waals surface area contributed by atoms with Gasteiger partial charge < -0.3 is 15.4 Å². The van der Waals surface area contributed by atoms with E-state index in [9.17, 15) is 4.79 Å². The lowest BCUT2D eigenvalue weighted by Crippen LogP contribution is -2.48. The van der Waals surface area contributed by atoms with Gasteiger partial charge in [0.05, 0.1) is 6.61 Å². The van der Waals surface area contributed by atoms with Crippen LogP contribution in [0.3, 0.4) is 0 Å². The molecule has 5 heteroatoms. The topological polar surface area (TPSA) is 58.8 Å². The average molecular weight is 263 g/mol. The van der Waals surface area contributed by atoms with Crippen molar-refractivity contribution < 1.29 is 9.53 Å². The number of hydrogen-bond acceptors (Lipinski definition) is 4. The van der Waals surface area contributed by atoms with Crippen molar-refractivity contribution in [2.75, 3.05) is 38.5 Å². The van der Waals surface area contributed by atoms with Gasteiger partial charge in [-0.1, -0.05) is 12.1 Å². The predicted octanol–water partition coefficient (Wildman–Crippen LogP) is 1.54. The van der Waals surface area contributed by atoms with Crippen LogP contribution in [0.5, 0.6) is 0 Å². The molecule has 0 unspecified atom stereocenters. The molecular formula is C14H21N3O2. The van der Waals surface area contributed by atoms with Crippen LogP contribution in [0.4, 0.5) is 10.5 Å². The number of anilines is 1. The Hall–Kier alpha value is -1.75. The van der Waals surface area contributed by atoms with E-state index in [4.69, 9.17) is 10.5 Å². The summed E-state index contributed by atoms with van der Waals surface area (Å²) in [4.78, 5) is 15.7. The maximum absolute atomic E-state index is 11.6. The Balaban J connectivity index is 1.82. The second-order valence-electron chi connectivity index (χ2n) is 4.71. The van der Waals surface area contributed by atoms with Crippen LogP contribution in [0.2, 0.25) is 0 Å². The lowest BCUT2D eigenvalue weighted by atomic mass is 10.2. The third-order valence-electron chi connectivity index (χ3n) is 3.26. The van der Waals surface area contributed by atoms with Crippen molar-refractivity contribution in [3.8, 4) is 0 Å². The Labute approximate surface area is 113 Å². The van der Waals surface area contributed by atoms with E-state index in [0.29, 0.717) is 6.61 Å².